The van der Waals surface area contributed by atoms with E-state index >= 15 is 0 Å². The molecule has 0 spiro atoms. The Balaban J connectivity index is 2.15. The van der Waals surface area contributed by atoms with Crippen molar-refractivity contribution in [2.45, 2.75) is 6.54 Å². The van der Waals surface area contributed by atoms with Crippen LogP contribution in [0.4, 0.5) is 4.39 Å². The number of ether oxygens (including phenoxy) is 1. The van der Waals surface area contributed by atoms with Crippen LogP contribution in [0, 0.1) is 5.82 Å². The smallest absolute Gasteiger partial charge is 0.321 e. The predicted molar refractivity (Wildman–Crippen MR) is 69.0 cm³/mol. The molecule has 0 fully saturated rings. The van der Waals surface area contributed by atoms with Gasteiger partial charge in [0.05, 0.1) is 0 Å². The second kappa shape index (κ2) is 5.88. The summed E-state index contributed by atoms with van der Waals surface area (Å²) in [7, 11) is 1.83. The molecule has 2 rings (SSSR count). The largest absolute Gasteiger partial charge is 0.421 e. The van der Waals surface area contributed by atoms with Gasteiger partial charge in [0.2, 0.25) is 0 Å². The molecule has 6 heteroatoms. The Morgan fingerprint density at radius 1 is 1.33 bits per heavy atom. The van der Waals surface area contributed by atoms with Gasteiger partial charge in [-0.1, -0.05) is 15.9 Å². The highest BCUT2D eigenvalue weighted by Crippen LogP contribution is 2.25. The highest BCUT2D eigenvalue weighted by atomic mass is 79.9. The van der Waals surface area contributed by atoms with E-state index in [1.165, 1.54) is 12.1 Å². The summed E-state index contributed by atoms with van der Waals surface area (Å²) in [6.45, 7) is 0.672. The maximum Gasteiger partial charge on any atom is 0.321 e. The molecule has 0 atom stereocenters. The van der Waals surface area contributed by atoms with Crippen LogP contribution in [0.25, 0.3) is 0 Å². The van der Waals surface area contributed by atoms with Crippen LogP contribution in [0.15, 0.2) is 35.1 Å². The highest BCUT2D eigenvalue weighted by Gasteiger charge is 2.07. The zero-order valence-corrected chi connectivity index (χ0v) is 11.2. The van der Waals surface area contributed by atoms with Gasteiger partial charge in [-0.2, -0.15) is 0 Å². The first-order chi connectivity index (χ1) is 8.69. The molecule has 1 heterocycles. The van der Waals surface area contributed by atoms with Crippen molar-refractivity contribution in [2.24, 2.45) is 0 Å². The van der Waals surface area contributed by atoms with Gasteiger partial charge >= 0.3 is 6.01 Å². The lowest BCUT2D eigenvalue weighted by Crippen LogP contribution is -2.06. The molecule has 4 nitrogen and oxygen atoms in total. The summed E-state index contributed by atoms with van der Waals surface area (Å²) >= 11 is 3.25. The van der Waals surface area contributed by atoms with E-state index in [0.29, 0.717) is 6.54 Å². The molecule has 1 aromatic carbocycles. The van der Waals surface area contributed by atoms with Crippen LogP contribution >= 0.6 is 15.9 Å². The lowest BCUT2D eigenvalue weighted by molar-refractivity contribution is 0.410. The zero-order chi connectivity index (χ0) is 13.0. The van der Waals surface area contributed by atoms with Crippen molar-refractivity contribution in [3.63, 3.8) is 0 Å². The fourth-order valence-corrected chi connectivity index (χ4v) is 1.68. The van der Waals surface area contributed by atoms with Gasteiger partial charge in [0, 0.05) is 29.0 Å². The number of halogens is 2. The molecule has 0 aliphatic rings. The van der Waals surface area contributed by atoms with E-state index in [-0.39, 0.29) is 11.8 Å². The molecule has 0 unspecified atom stereocenters. The van der Waals surface area contributed by atoms with Crippen molar-refractivity contribution in [2.75, 3.05) is 7.05 Å². The second-order valence-corrected chi connectivity index (χ2v) is 4.50. The summed E-state index contributed by atoms with van der Waals surface area (Å²) < 4.78 is 19.4. The lowest BCUT2D eigenvalue weighted by atomic mass is 10.3. The van der Waals surface area contributed by atoms with Gasteiger partial charge in [0.1, 0.15) is 0 Å². The van der Waals surface area contributed by atoms with Gasteiger partial charge in [0.25, 0.3) is 0 Å². The standard InChI is InChI=1S/C12H11BrFN3O/c1-15-5-8-6-16-12(17-7-8)18-11-4-9(13)2-3-10(11)14/h2-4,6-7,15H,5H2,1H3. The predicted octanol–water partition coefficient (Wildman–Crippen LogP) is 2.89. The molecule has 18 heavy (non-hydrogen) atoms. The Morgan fingerprint density at radius 2 is 2.06 bits per heavy atom. The Kier molecular flexibility index (Phi) is 4.22. The van der Waals surface area contributed by atoms with E-state index in [0.717, 1.165) is 10.0 Å². The number of rotatable bonds is 4. The summed E-state index contributed by atoms with van der Waals surface area (Å²) in [6, 6.07) is 4.56. The number of nitrogens with one attached hydrogen (secondary N) is 1. The van der Waals surface area contributed by atoms with Crippen molar-refractivity contribution >= 4 is 15.9 Å². The van der Waals surface area contributed by atoms with E-state index in [4.69, 9.17) is 4.74 Å². The number of nitrogens with zero attached hydrogens (tertiary/aromatic N) is 2. The fourth-order valence-electron chi connectivity index (χ4n) is 1.34. The second-order valence-electron chi connectivity index (χ2n) is 3.58. The van der Waals surface area contributed by atoms with Gasteiger partial charge in [-0.25, -0.2) is 14.4 Å². The van der Waals surface area contributed by atoms with E-state index in [2.05, 4.69) is 31.2 Å². The monoisotopic (exact) mass is 311 g/mol. The van der Waals surface area contributed by atoms with Gasteiger partial charge in [-0.3, -0.25) is 0 Å². The molecule has 0 amide bonds. The van der Waals surface area contributed by atoms with E-state index in [1.54, 1.807) is 18.5 Å². The van der Waals surface area contributed by atoms with Crippen molar-refractivity contribution in [1.29, 1.82) is 0 Å². The third-order valence-electron chi connectivity index (χ3n) is 2.16. The minimum atomic E-state index is -0.457. The number of hydrogen-bond acceptors (Lipinski definition) is 4. The summed E-state index contributed by atoms with van der Waals surface area (Å²) in [5.41, 5.74) is 0.930. The van der Waals surface area contributed by atoms with Crippen molar-refractivity contribution < 1.29 is 9.13 Å². The van der Waals surface area contributed by atoms with Gasteiger partial charge < -0.3 is 10.1 Å². The SMILES string of the molecule is CNCc1cnc(Oc2cc(Br)ccc2F)nc1. The Bertz CT molecular complexity index is 533. The molecular weight excluding hydrogens is 301 g/mol. The first-order valence-corrected chi connectivity index (χ1v) is 6.07. The molecule has 94 valence electrons. The van der Waals surface area contributed by atoms with E-state index in [9.17, 15) is 4.39 Å². The third kappa shape index (κ3) is 3.24. The number of aromatic nitrogens is 2. The minimum absolute atomic E-state index is 0.0886. The zero-order valence-electron chi connectivity index (χ0n) is 9.65. The molecule has 0 radical (unpaired) electrons. The summed E-state index contributed by atoms with van der Waals surface area (Å²) in [6.07, 6.45) is 3.27. The van der Waals surface area contributed by atoms with Crippen LogP contribution < -0.4 is 10.1 Å². The molecular formula is C12H11BrFN3O. The van der Waals surface area contributed by atoms with Crippen LogP contribution in [0.2, 0.25) is 0 Å². The van der Waals surface area contributed by atoms with Crippen molar-refractivity contribution in [3.05, 3.63) is 46.4 Å². The van der Waals surface area contributed by atoms with Gasteiger partial charge in [-0.05, 0) is 25.2 Å². The van der Waals surface area contributed by atoms with Gasteiger partial charge in [0.15, 0.2) is 11.6 Å². The van der Waals surface area contributed by atoms with Crippen LogP contribution in [0.5, 0.6) is 11.8 Å². The summed E-state index contributed by atoms with van der Waals surface area (Å²) in [4.78, 5) is 8.02. The molecule has 2 aromatic rings. The maximum absolute atomic E-state index is 13.4. The maximum atomic E-state index is 13.4. The molecule has 0 saturated heterocycles. The van der Waals surface area contributed by atoms with Crippen LogP contribution in [0.1, 0.15) is 5.56 Å². The van der Waals surface area contributed by atoms with E-state index < -0.39 is 5.82 Å². The minimum Gasteiger partial charge on any atom is -0.421 e. The average molecular weight is 312 g/mol. The normalized spacial score (nSPS) is 10.4. The molecule has 0 aliphatic carbocycles. The number of hydrogen-bond donors (Lipinski definition) is 1. The fraction of sp³-hybridized carbons (Fsp3) is 0.167. The number of benzene rings is 1. The van der Waals surface area contributed by atoms with Crippen molar-refractivity contribution in [3.8, 4) is 11.8 Å². The molecule has 1 aromatic heterocycles. The third-order valence-corrected chi connectivity index (χ3v) is 2.65. The van der Waals surface area contributed by atoms with Crippen LogP contribution in [-0.4, -0.2) is 17.0 Å². The quantitative estimate of drug-likeness (QED) is 0.943. The van der Waals surface area contributed by atoms with Crippen molar-refractivity contribution in [1.82, 2.24) is 15.3 Å². The van der Waals surface area contributed by atoms with Crippen LogP contribution in [-0.2, 0) is 6.54 Å². The first kappa shape index (κ1) is 12.9. The Morgan fingerprint density at radius 3 is 2.72 bits per heavy atom. The summed E-state index contributed by atoms with van der Waals surface area (Å²) in [5, 5.41) is 2.98. The molecule has 0 bridgehead atoms. The Hall–Kier alpha value is -1.53. The van der Waals surface area contributed by atoms with E-state index in [1.807, 2.05) is 7.05 Å². The molecule has 0 saturated carbocycles. The first-order valence-electron chi connectivity index (χ1n) is 5.27. The lowest BCUT2D eigenvalue weighted by Gasteiger charge is -2.06. The average Bonchev–Trinajstić information content (AvgIpc) is 2.37. The van der Waals surface area contributed by atoms with Crippen LogP contribution in [0.3, 0.4) is 0 Å². The molecule has 1 N–H and O–H groups in total. The van der Waals surface area contributed by atoms with Gasteiger partial charge in [-0.15, -0.1) is 0 Å². The topological polar surface area (TPSA) is 47.0 Å². The summed E-state index contributed by atoms with van der Waals surface area (Å²) in [5.74, 6) is -0.369. The Labute approximate surface area is 112 Å². The highest BCUT2D eigenvalue weighted by molar-refractivity contribution is 9.10. The molecule has 0 aliphatic heterocycles.